The molecule has 0 spiro atoms. The molecule has 1 unspecified atom stereocenters. The van der Waals surface area contributed by atoms with Crippen LogP contribution < -0.4 is 5.32 Å². The van der Waals surface area contributed by atoms with Crippen molar-refractivity contribution in [3.63, 3.8) is 0 Å². The predicted molar refractivity (Wildman–Crippen MR) is 83.2 cm³/mol. The van der Waals surface area contributed by atoms with Gasteiger partial charge in [0, 0.05) is 0 Å². The van der Waals surface area contributed by atoms with Crippen LogP contribution in [-0.2, 0) is 6.42 Å². The number of rotatable bonds is 2. The fourth-order valence-corrected chi connectivity index (χ4v) is 3.28. The Labute approximate surface area is 128 Å². The lowest BCUT2D eigenvalue weighted by Gasteiger charge is -2.27. The average molecular weight is 299 g/mol. The molecule has 4 heteroatoms. The molecular formula is C18H18FNO2. The third-order valence-corrected chi connectivity index (χ3v) is 4.31. The van der Waals surface area contributed by atoms with Crippen molar-refractivity contribution in [2.45, 2.75) is 26.3 Å². The topological polar surface area (TPSA) is 49.3 Å². The largest absolute Gasteiger partial charge is 0.465 e. The van der Waals surface area contributed by atoms with Gasteiger partial charge in [0.2, 0.25) is 0 Å². The second-order valence-corrected chi connectivity index (χ2v) is 6.47. The summed E-state index contributed by atoms with van der Waals surface area (Å²) in [5.41, 5.74) is 3.63. The van der Waals surface area contributed by atoms with Gasteiger partial charge in [0.1, 0.15) is 5.82 Å². The Morgan fingerprint density at radius 3 is 2.64 bits per heavy atom. The zero-order valence-electron chi connectivity index (χ0n) is 12.6. The molecule has 0 radical (unpaired) electrons. The van der Waals surface area contributed by atoms with E-state index in [1.54, 1.807) is 6.07 Å². The van der Waals surface area contributed by atoms with Crippen molar-refractivity contribution in [2.75, 3.05) is 0 Å². The number of carbonyl (C=O) groups is 1. The number of nitrogens with one attached hydrogen (secondary N) is 1. The number of carboxylic acid groups (broad SMARTS) is 1. The second-order valence-electron chi connectivity index (χ2n) is 6.47. The van der Waals surface area contributed by atoms with Crippen molar-refractivity contribution in [2.24, 2.45) is 5.41 Å². The molecule has 1 aliphatic carbocycles. The highest BCUT2D eigenvalue weighted by molar-refractivity contribution is 5.69. The van der Waals surface area contributed by atoms with Crippen molar-refractivity contribution in [1.82, 2.24) is 5.32 Å². The van der Waals surface area contributed by atoms with Gasteiger partial charge in [-0.25, -0.2) is 9.18 Å². The number of benzene rings is 2. The zero-order valence-corrected chi connectivity index (χ0v) is 12.6. The van der Waals surface area contributed by atoms with E-state index in [9.17, 15) is 9.18 Å². The average Bonchev–Trinajstić information content (AvgIpc) is 2.68. The van der Waals surface area contributed by atoms with E-state index in [-0.39, 0.29) is 17.3 Å². The third kappa shape index (κ3) is 2.56. The molecule has 3 rings (SSSR count). The van der Waals surface area contributed by atoms with Crippen LogP contribution >= 0.6 is 0 Å². The number of hydrogen-bond acceptors (Lipinski definition) is 1. The summed E-state index contributed by atoms with van der Waals surface area (Å²) in [6.45, 7) is 4.10. The van der Waals surface area contributed by atoms with Gasteiger partial charge in [0.05, 0.1) is 6.04 Å². The number of hydrogen-bond donors (Lipinski definition) is 2. The highest BCUT2D eigenvalue weighted by Crippen LogP contribution is 2.46. The van der Waals surface area contributed by atoms with Crippen LogP contribution in [0.5, 0.6) is 0 Å². The molecule has 0 heterocycles. The van der Waals surface area contributed by atoms with Crippen LogP contribution in [0.4, 0.5) is 9.18 Å². The first-order valence-electron chi connectivity index (χ1n) is 7.25. The molecule has 2 aromatic rings. The van der Waals surface area contributed by atoms with Crippen molar-refractivity contribution in [1.29, 1.82) is 0 Å². The summed E-state index contributed by atoms with van der Waals surface area (Å²) in [5, 5.41) is 11.7. The van der Waals surface area contributed by atoms with E-state index in [4.69, 9.17) is 5.11 Å². The predicted octanol–water partition coefficient (Wildman–Crippen LogP) is 4.38. The Morgan fingerprint density at radius 1 is 1.23 bits per heavy atom. The lowest BCUT2D eigenvalue weighted by molar-refractivity contribution is 0.175. The smallest absolute Gasteiger partial charge is 0.405 e. The van der Waals surface area contributed by atoms with Crippen LogP contribution in [0.1, 0.15) is 31.0 Å². The highest BCUT2D eigenvalue weighted by Gasteiger charge is 2.40. The summed E-state index contributed by atoms with van der Waals surface area (Å²) in [6.07, 6.45) is -0.210. The lowest BCUT2D eigenvalue weighted by Crippen LogP contribution is -2.34. The molecule has 1 atom stereocenters. The normalized spacial score (nSPS) is 18.8. The summed E-state index contributed by atoms with van der Waals surface area (Å²) >= 11 is 0. The van der Waals surface area contributed by atoms with Gasteiger partial charge in [-0.05, 0) is 52.3 Å². The molecule has 22 heavy (non-hydrogen) atoms. The fourth-order valence-electron chi connectivity index (χ4n) is 3.28. The zero-order chi connectivity index (χ0) is 15.9. The molecule has 2 aromatic carbocycles. The Balaban J connectivity index is 2.05. The molecule has 0 bridgehead atoms. The SMILES string of the molecule is CC1(C)Cc2ccc(-c3cccc(F)c3)cc2C1NC(=O)O. The van der Waals surface area contributed by atoms with Crippen molar-refractivity contribution in [3.8, 4) is 11.1 Å². The maximum absolute atomic E-state index is 13.4. The number of halogens is 1. The summed E-state index contributed by atoms with van der Waals surface area (Å²) in [4.78, 5) is 11.1. The minimum absolute atomic E-state index is 0.179. The van der Waals surface area contributed by atoms with Crippen LogP contribution in [0.15, 0.2) is 42.5 Å². The molecule has 0 fully saturated rings. The quantitative estimate of drug-likeness (QED) is 0.864. The van der Waals surface area contributed by atoms with Gasteiger partial charge < -0.3 is 10.4 Å². The van der Waals surface area contributed by atoms with Crippen molar-refractivity contribution in [3.05, 3.63) is 59.4 Å². The molecule has 0 aromatic heterocycles. The van der Waals surface area contributed by atoms with Crippen LogP contribution in [0, 0.1) is 11.2 Å². The molecule has 3 nitrogen and oxygen atoms in total. The highest BCUT2D eigenvalue weighted by atomic mass is 19.1. The van der Waals surface area contributed by atoms with E-state index in [2.05, 4.69) is 19.2 Å². The first kappa shape index (κ1) is 14.6. The summed E-state index contributed by atoms with van der Waals surface area (Å²) in [6, 6.07) is 12.1. The van der Waals surface area contributed by atoms with E-state index in [1.807, 2.05) is 24.3 Å². The van der Waals surface area contributed by atoms with Crippen LogP contribution in [0.2, 0.25) is 0 Å². The number of amides is 1. The van der Waals surface area contributed by atoms with Gasteiger partial charge in [-0.3, -0.25) is 0 Å². The Kier molecular flexibility index (Phi) is 3.39. The van der Waals surface area contributed by atoms with Gasteiger partial charge in [0.15, 0.2) is 0 Å². The molecule has 0 saturated heterocycles. The maximum atomic E-state index is 13.4. The minimum atomic E-state index is -1.03. The van der Waals surface area contributed by atoms with E-state index >= 15 is 0 Å². The fraction of sp³-hybridized carbons (Fsp3) is 0.278. The third-order valence-electron chi connectivity index (χ3n) is 4.31. The maximum Gasteiger partial charge on any atom is 0.405 e. The molecule has 0 saturated carbocycles. The molecule has 1 aliphatic rings. The monoisotopic (exact) mass is 299 g/mol. The molecular weight excluding hydrogens is 281 g/mol. The van der Waals surface area contributed by atoms with E-state index < -0.39 is 6.09 Å². The van der Waals surface area contributed by atoms with E-state index in [1.165, 1.54) is 12.1 Å². The van der Waals surface area contributed by atoms with Crippen molar-refractivity contribution < 1.29 is 14.3 Å². The van der Waals surface area contributed by atoms with E-state index in [0.717, 1.165) is 28.7 Å². The molecule has 2 N–H and O–H groups in total. The van der Waals surface area contributed by atoms with E-state index in [0.29, 0.717) is 0 Å². The molecule has 1 amide bonds. The van der Waals surface area contributed by atoms with Gasteiger partial charge >= 0.3 is 6.09 Å². The Hall–Kier alpha value is -2.36. The van der Waals surface area contributed by atoms with Crippen LogP contribution in [0.25, 0.3) is 11.1 Å². The van der Waals surface area contributed by atoms with Gasteiger partial charge in [-0.1, -0.05) is 38.1 Å². The van der Waals surface area contributed by atoms with Gasteiger partial charge in [0.25, 0.3) is 0 Å². The first-order chi connectivity index (χ1) is 10.4. The van der Waals surface area contributed by atoms with Crippen LogP contribution in [0.3, 0.4) is 0 Å². The molecule has 114 valence electrons. The molecule has 0 aliphatic heterocycles. The number of fused-ring (bicyclic) bond motifs is 1. The second kappa shape index (κ2) is 5.13. The van der Waals surface area contributed by atoms with Gasteiger partial charge in [-0.15, -0.1) is 0 Å². The lowest BCUT2D eigenvalue weighted by atomic mass is 9.85. The Morgan fingerprint density at radius 2 is 1.95 bits per heavy atom. The summed E-state index contributed by atoms with van der Waals surface area (Å²) in [7, 11) is 0. The van der Waals surface area contributed by atoms with Gasteiger partial charge in [-0.2, -0.15) is 0 Å². The van der Waals surface area contributed by atoms with Crippen LogP contribution in [-0.4, -0.2) is 11.2 Å². The first-order valence-corrected chi connectivity index (χ1v) is 7.25. The van der Waals surface area contributed by atoms with Crippen molar-refractivity contribution >= 4 is 6.09 Å². The Bertz CT molecular complexity index is 740. The minimum Gasteiger partial charge on any atom is -0.465 e. The standard InChI is InChI=1S/C18H18FNO2/c1-18(2)10-13-7-6-12(11-4-3-5-14(19)8-11)9-15(13)16(18)20-17(21)22/h3-9,16,20H,10H2,1-2H3,(H,21,22). The summed E-state index contributed by atoms with van der Waals surface area (Å²) in [5.74, 6) is -0.279. The summed E-state index contributed by atoms with van der Waals surface area (Å²) < 4.78 is 13.4.